The lowest BCUT2D eigenvalue weighted by atomic mass is 9.87. The molecule has 6 heterocycles. The van der Waals surface area contributed by atoms with Crippen molar-refractivity contribution < 1.29 is 172 Å². The molecule has 4 aromatic heterocycles. The third-order valence-corrected chi connectivity index (χ3v) is 22.9. The van der Waals surface area contributed by atoms with E-state index in [-0.39, 0.29) is 101 Å². The van der Waals surface area contributed by atoms with Crippen LogP contribution in [-0.4, -0.2) is 223 Å². The van der Waals surface area contributed by atoms with Crippen LogP contribution >= 0.6 is 70.5 Å². The number of nitrogens with zero attached hydrogens (tertiary/aromatic N) is 8. The van der Waals surface area contributed by atoms with Crippen LogP contribution in [0.4, 0.5) is 11.6 Å². The van der Waals surface area contributed by atoms with Crippen LogP contribution in [0.3, 0.4) is 0 Å². The lowest BCUT2D eigenvalue weighted by molar-refractivity contribution is -0.349. The third-order valence-electron chi connectivity index (χ3n) is 15.2. The Bertz CT molecular complexity index is 4190. The third kappa shape index (κ3) is 28.9. The maximum Gasteiger partial charge on any atom is 0.274 e. The van der Waals surface area contributed by atoms with Gasteiger partial charge in [0.25, 0.3) is 31.3 Å². The number of anilines is 2. The van der Waals surface area contributed by atoms with Gasteiger partial charge < -0.3 is 149 Å². The van der Waals surface area contributed by atoms with E-state index in [0.29, 0.717) is 5.75 Å². The Labute approximate surface area is 632 Å². The first-order valence-electron chi connectivity index (χ1n) is 31.5. The SMILES string of the molecule is C/C=C/C(=O)SCCNC(=O)CCNC(=O)C(O)C(C)(C)COP(=O)([O-])OP(=O)([O-])OCC1OC(C)(n2cnc3c(N)ncnc32)C(O)C1OP(=O)([O-])[O-].CC(O)CC(=O)SCCNC(=O)CCNC(=O)C(O)C(C)(C)COP(=O)([O-])OP(=O)([O-])OCC1OC(C)(n2cnc3c(N)ncnc32)C(O)C1OP(=O)([O-])[O-].O. The number of aliphatic hydroxyl groups is 5. The van der Waals surface area contributed by atoms with E-state index >= 15 is 0 Å². The molecule has 624 valence electrons. The number of phosphoric ester groups is 6. The van der Waals surface area contributed by atoms with E-state index in [1.54, 1.807) is 13.0 Å². The minimum Gasteiger partial charge on any atom is -0.790 e. The summed E-state index contributed by atoms with van der Waals surface area (Å²) in [7, 11) is -35.3. The van der Waals surface area contributed by atoms with Gasteiger partial charge in [0.05, 0.1) is 60.8 Å². The Morgan fingerprint density at radius 3 is 1.32 bits per heavy atom. The summed E-state index contributed by atoms with van der Waals surface area (Å²) in [4.78, 5) is 191. The first kappa shape index (κ1) is 97.1. The van der Waals surface area contributed by atoms with Crippen molar-refractivity contribution in [1.82, 2.24) is 60.3 Å². The molecule has 6 rings (SSSR count). The average Bonchev–Trinajstić information content (AvgIpc) is 1.60. The number of nitrogens with two attached hydrogens (primary N) is 2. The molecule has 0 saturated carbocycles. The molecule has 0 aliphatic carbocycles. The monoisotopic (exact) mass is 1730 g/mol. The lowest BCUT2D eigenvalue weighted by Crippen LogP contribution is -2.46. The van der Waals surface area contributed by atoms with Gasteiger partial charge >= 0.3 is 0 Å². The molecule has 2 aliphatic heterocycles. The van der Waals surface area contributed by atoms with E-state index in [4.69, 9.17) is 20.9 Å². The number of phosphoric acid groups is 6. The summed E-state index contributed by atoms with van der Waals surface area (Å²) in [6.45, 7) is 5.50. The quantitative estimate of drug-likeness (QED) is 0.0112. The molecule has 110 heavy (non-hydrogen) atoms. The van der Waals surface area contributed by atoms with Crippen LogP contribution in [0, 0.1) is 10.8 Å². The van der Waals surface area contributed by atoms with Crippen LogP contribution in [-0.2, 0) is 113 Å². The van der Waals surface area contributed by atoms with Gasteiger partial charge in [-0.1, -0.05) is 57.3 Å². The highest BCUT2D eigenvalue weighted by atomic mass is 32.2. The van der Waals surface area contributed by atoms with E-state index in [1.165, 1.54) is 54.5 Å². The van der Waals surface area contributed by atoms with Crippen LogP contribution in [0.2, 0.25) is 0 Å². The first-order valence-corrected chi connectivity index (χ1v) is 42.3. The number of carbonyl (C=O) groups is 6. The van der Waals surface area contributed by atoms with Crippen molar-refractivity contribution in [1.29, 1.82) is 0 Å². The molecule has 4 aromatic rings. The standard InChI is InChI=1S/C26H44N7O18P3S.C26H42N7O17P3S.H2O/c1-14(34)9-17(36)55-8-7-28-16(35)5-6-29-24(39)21(38)25(2,3)11-48-54(45,46)51-53(43,44)47-10-15-19(50-52(40,41)42)20(37)26(4,49-15)33-13-32-18-22(27)30-12-31-23(18)33;1-5-6-17(35)54-10-9-28-16(34)7-8-29-24(38)21(37)25(2,3)12-47-53(44,45)50-52(42,43)46-11-15-19(49-51(39,40)41)20(36)26(4,48-15)33-14-32-18-22(27)30-13-31-23(18)33;/h12-15,19-21,34,37-38H,5-11H2,1-4H3,(H,28,35)(H,29,39)(H,43,44)(H,45,46)(H2,27,30,31)(H2,40,41,42);5-6,13-15,19-21,36-37H,7-12H2,1-4H3,(H,28,34)(H,29,38)(H,42,43)(H,44,45)(H2,27,30,31)(H2,39,40,41);1H2/p-8/b;6-5+;. The number of carbonyl (C=O) groups excluding carboxylic acids is 6. The normalized spacial score (nSPS) is 23.5. The summed E-state index contributed by atoms with van der Waals surface area (Å²) in [6.07, 6.45) is -10.1. The van der Waals surface area contributed by atoms with Crippen LogP contribution < -0.4 is 71.9 Å². The number of allylic oxidation sites excluding steroid dienone is 1. The maximum absolute atomic E-state index is 12.5. The van der Waals surface area contributed by atoms with E-state index in [0.717, 1.165) is 58.0 Å². The summed E-state index contributed by atoms with van der Waals surface area (Å²) in [5.74, 6) is -2.62. The molecule has 0 spiro atoms. The van der Waals surface area contributed by atoms with Gasteiger partial charge in [0.15, 0.2) is 39.5 Å². The van der Waals surface area contributed by atoms with Crippen molar-refractivity contribution >= 4 is 138 Å². The number of nitrogen functional groups attached to an aromatic ring is 2. The largest absolute Gasteiger partial charge is 0.790 e. The number of ether oxygens (including phenoxy) is 2. The highest BCUT2D eigenvalue weighted by Gasteiger charge is 2.57. The maximum atomic E-state index is 12.5. The van der Waals surface area contributed by atoms with Crippen molar-refractivity contribution in [2.75, 3.05) is 75.6 Å². The molecule has 0 bridgehead atoms. The average molecular weight is 1730 g/mol. The molecule has 0 radical (unpaired) electrons. The number of thioether (sulfide) groups is 2. The van der Waals surface area contributed by atoms with Crippen LogP contribution in [0.25, 0.3) is 22.3 Å². The Kier molecular flexibility index (Phi) is 35.7. The van der Waals surface area contributed by atoms with Crippen LogP contribution in [0.15, 0.2) is 37.5 Å². The molecule has 2 saturated heterocycles. The smallest absolute Gasteiger partial charge is 0.274 e. The Morgan fingerprint density at radius 2 is 0.964 bits per heavy atom. The first-order chi connectivity index (χ1) is 50.2. The van der Waals surface area contributed by atoms with Crippen LogP contribution in [0.1, 0.15) is 74.7 Å². The summed E-state index contributed by atoms with van der Waals surface area (Å²) in [6, 6.07) is 0. The van der Waals surface area contributed by atoms with Gasteiger partial charge in [-0.05, 0) is 33.8 Å². The predicted octanol–water partition coefficient (Wildman–Crippen LogP) is -7.86. The molecule has 15 atom stereocenters. The fourth-order valence-corrected chi connectivity index (χ4v) is 16.5. The summed E-state index contributed by atoms with van der Waals surface area (Å²) >= 11 is 1.92. The van der Waals surface area contributed by atoms with Crippen molar-refractivity contribution in [2.24, 2.45) is 10.8 Å². The Morgan fingerprint density at radius 1 is 0.600 bits per heavy atom. The second-order valence-corrected chi connectivity index (χ2v) is 35.4. The van der Waals surface area contributed by atoms with Crippen molar-refractivity contribution in [3.63, 3.8) is 0 Å². The molecule has 15 unspecified atom stereocenters. The molecule has 2 aliphatic rings. The van der Waals surface area contributed by atoms with Crippen molar-refractivity contribution in [2.45, 2.75) is 141 Å². The topological polar surface area (TPSA) is 802 Å². The number of rotatable bonds is 41. The molecule has 2 fully saturated rings. The number of nitrogens with one attached hydrogen (secondary N) is 4. The molecule has 0 aromatic carbocycles. The molecule has 4 amide bonds. The van der Waals surface area contributed by atoms with E-state index < -0.39 is 174 Å². The minimum atomic E-state index is -5.94. The van der Waals surface area contributed by atoms with Crippen molar-refractivity contribution in [3.8, 4) is 0 Å². The minimum absolute atomic E-state index is 0. The van der Waals surface area contributed by atoms with Crippen molar-refractivity contribution in [3.05, 3.63) is 37.5 Å². The van der Waals surface area contributed by atoms with Gasteiger partial charge in [-0.3, -0.25) is 56.2 Å². The number of hydrogen-bond donors (Lipinski definition) is 11. The summed E-state index contributed by atoms with van der Waals surface area (Å²) in [5.41, 5.74) is 4.01. The Hall–Kier alpha value is -5.22. The Balaban J connectivity index is 0.000000460. The number of fused-ring (bicyclic) bond motifs is 2. The number of aliphatic hydroxyl groups excluding tert-OH is 5. The predicted molar refractivity (Wildman–Crippen MR) is 360 cm³/mol. The van der Waals surface area contributed by atoms with E-state index in [1.807, 2.05) is 0 Å². The number of hydrogen-bond acceptors (Lipinski definition) is 45. The highest BCUT2D eigenvalue weighted by molar-refractivity contribution is 8.14. The fraction of sp³-hybridized carbons (Fsp3) is 0.654. The zero-order valence-corrected chi connectivity index (χ0v) is 66.1. The van der Waals surface area contributed by atoms with Gasteiger partial charge in [-0.2, -0.15) is 0 Å². The summed E-state index contributed by atoms with van der Waals surface area (Å²) < 4.78 is 122. The van der Waals surface area contributed by atoms with Gasteiger partial charge in [0, 0.05) is 67.8 Å². The van der Waals surface area contributed by atoms with Gasteiger partial charge in [-0.15, -0.1) is 0 Å². The molecular weight excluding hydrogens is 1650 g/mol. The van der Waals surface area contributed by atoms with Gasteiger partial charge in [0.2, 0.25) is 28.7 Å². The van der Waals surface area contributed by atoms with Crippen LogP contribution in [0.5, 0.6) is 0 Å². The summed E-state index contributed by atoms with van der Waals surface area (Å²) in [5, 5.41) is 61.4. The van der Waals surface area contributed by atoms with Gasteiger partial charge in [0.1, 0.15) is 72.5 Å². The second-order valence-electron chi connectivity index (χ2n) is 25.0. The fourth-order valence-electron chi connectivity index (χ4n) is 9.64. The number of imidazole rings is 2. The molecule has 58 heteroatoms. The second kappa shape index (κ2) is 40.4. The zero-order chi connectivity index (χ0) is 82.3. The lowest BCUT2D eigenvalue weighted by Gasteiger charge is -2.36. The highest BCUT2D eigenvalue weighted by Crippen LogP contribution is 2.58. The van der Waals surface area contributed by atoms with E-state index in [2.05, 4.69) is 86.9 Å². The molecule has 50 nitrogen and oxygen atoms in total. The zero-order valence-electron chi connectivity index (χ0n) is 59.1. The number of aromatic nitrogens is 8. The molecular formula is C52H80N14O36P6S2-8. The van der Waals surface area contributed by atoms with E-state index in [9.17, 15) is 121 Å². The molecule has 15 N–H and O–H groups in total. The van der Waals surface area contributed by atoms with Gasteiger partial charge in [-0.25, -0.2) is 38.5 Å². The number of amides is 4.